The van der Waals surface area contributed by atoms with Gasteiger partial charge in [0.25, 0.3) is 0 Å². The van der Waals surface area contributed by atoms with Crippen molar-refractivity contribution >= 4 is 11.3 Å². The van der Waals surface area contributed by atoms with Crippen molar-refractivity contribution in [2.75, 3.05) is 7.05 Å². The maximum Gasteiger partial charge on any atom is 0.123 e. The zero-order valence-electron chi connectivity index (χ0n) is 11.4. The SMILES string of the molecule is CN[C@H](Cn1cccc1)c1cccc(-c2nccs2)c1. The zero-order valence-corrected chi connectivity index (χ0v) is 12.2. The average Bonchev–Trinajstić information content (AvgIpc) is 3.18. The fraction of sp³-hybridized carbons (Fsp3) is 0.188. The number of likely N-dealkylation sites (N-methyl/N-ethyl adjacent to an activating group) is 1. The van der Waals surface area contributed by atoms with Crippen molar-refractivity contribution in [2.45, 2.75) is 12.6 Å². The number of hydrogen-bond donors (Lipinski definition) is 1. The van der Waals surface area contributed by atoms with Gasteiger partial charge in [0, 0.05) is 42.1 Å². The van der Waals surface area contributed by atoms with E-state index < -0.39 is 0 Å². The summed E-state index contributed by atoms with van der Waals surface area (Å²) in [4.78, 5) is 4.38. The molecular weight excluding hydrogens is 266 g/mol. The lowest BCUT2D eigenvalue weighted by atomic mass is 10.0. The van der Waals surface area contributed by atoms with Crippen LogP contribution in [-0.4, -0.2) is 16.6 Å². The zero-order chi connectivity index (χ0) is 13.8. The van der Waals surface area contributed by atoms with Crippen LogP contribution in [0.4, 0.5) is 0 Å². The first kappa shape index (κ1) is 13.1. The topological polar surface area (TPSA) is 29.9 Å². The Morgan fingerprint density at radius 2 is 2.10 bits per heavy atom. The Morgan fingerprint density at radius 3 is 2.80 bits per heavy atom. The van der Waals surface area contributed by atoms with E-state index in [0.717, 1.165) is 11.6 Å². The summed E-state index contributed by atoms with van der Waals surface area (Å²) in [7, 11) is 2.00. The molecule has 0 fully saturated rings. The van der Waals surface area contributed by atoms with Crippen molar-refractivity contribution in [3.63, 3.8) is 0 Å². The van der Waals surface area contributed by atoms with Gasteiger partial charge in [0.05, 0.1) is 0 Å². The first-order valence-corrected chi connectivity index (χ1v) is 7.52. The molecule has 0 aliphatic carbocycles. The number of benzene rings is 1. The monoisotopic (exact) mass is 283 g/mol. The molecule has 4 heteroatoms. The maximum atomic E-state index is 4.38. The minimum Gasteiger partial charge on any atom is -0.352 e. The van der Waals surface area contributed by atoms with Crippen LogP contribution in [0.25, 0.3) is 10.6 Å². The molecular formula is C16H17N3S. The molecule has 0 aliphatic heterocycles. The lowest BCUT2D eigenvalue weighted by molar-refractivity contribution is 0.502. The first-order chi connectivity index (χ1) is 9.86. The van der Waals surface area contributed by atoms with Crippen LogP contribution in [0.5, 0.6) is 0 Å². The Bertz CT molecular complexity index is 644. The van der Waals surface area contributed by atoms with Gasteiger partial charge in [-0.2, -0.15) is 0 Å². The molecule has 0 amide bonds. The van der Waals surface area contributed by atoms with Gasteiger partial charge in [0.2, 0.25) is 0 Å². The highest BCUT2D eigenvalue weighted by Gasteiger charge is 2.11. The smallest absolute Gasteiger partial charge is 0.123 e. The van der Waals surface area contributed by atoms with Crippen LogP contribution < -0.4 is 5.32 Å². The van der Waals surface area contributed by atoms with Crippen molar-refractivity contribution in [3.05, 3.63) is 65.9 Å². The number of hydrogen-bond acceptors (Lipinski definition) is 3. The van der Waals surface area contributed by atoms with Crippen molar-refractivity contribution in [2.24, 2.45) is 0 Å². The molecule has 1 aromatic carbocycles. The second-order valence-corrected chi connectivity index (χ2v) is 5.58. The maximum absolute atomic E-state index is 4.38. The van der Waals surface area contributed by atoms with Crippen LogP contribution in [0, 0.1) is 0 Å². The van der Waals surface area contributed by atoms with E-state index >= 15 is 0 Å². The lowest BCUT2D eigenvalue weighted by Crippen LogP contribution is -2.21. The van der Waals surface area contributed by atoms with E-state index in [0.29, 0.717) is 6.04 Å². The van der Waals surface area contributed by atoms with Gasteiger partial charge in [-0.25, -0.2) is 4.98 Å². The van der Waals surface area contributed by atoms with Crippen LogP contribution in [-0.2, 0) is 6.54 Å². The summed E-state index contributed by atoms with van der Waals surface area (Å²) in [5.41, 5.74) is 2.47. The summed E-state index contributed by atoms with van der Waals surface area (Å²) in [5.74, 6) is 0. The molecule has 102 valence electrons. The van der Waals surface area contributed by atoms with E-state index in [9.17, 15) is 0 Å². The highest BCUT2D eigenvalue weighted by molar-refractivity contribution is 7.13. The van der Waals surface area contributed by atoms with Gasteiger partial charge in [-0.3, -0.25) is 0 Å². The summed E-state index contributed by atoms with van der Waals surface area (Å²) < 4.78 is 2.19. The molecule has 0 aliphatic rings. The number of rotatable bonds is 5. The average molecular weight is 283 g/mol. The van der Waals surface area contributed by atoms with Gasteiger partial charge in [-0.1, -0.05) is 18.2 Å². The van der Waals surface area contributed by atoms with Gasteiger partial charge in [0.1, 0.15) is 5.01 Å². The number of thiazole rings is 1. The normalized spacial score (nSPS) is 12.4. The molecule has 0 unspecified atom stereocenters. The molecule has 0 radical (unpaired) electrons. The van der Waals surface area contributed by atoms with Crippen molar-refractivity contribution < 1.29 is 0 Å². The fourth-order valence-electron chi connectivity index (χ4n) is 2.32. The van der Waals surface area contributed by atoms with Crippen LogP contribution in [0.15, 0.2) is 60.4 Å². The van der Waals surface area contributed by atoms with Crippen LogP contribution >= 0.6 is 11.3 Å². The molecule has 20 heavy (non-hydrogen) atoms. The molecule has 1 atom stereocenters. The number of aromatic nitrogens is 2. The minimum absolute atomic E-state index is 0.294. The molecule has 0 saturated carbocycles. The summed E-state index contributed by atoms with van der Waals surface area (Å²) in [5, 5.41) is 6.47. The van der Waals surface area contributed by atoms with Crippen LogP contribution in [0.1, 0.15) is 11.6 Å². The molecule has 3 aromatic rings. The van der Waals surface area contributed by atoms with Crippen molar-refractivity contribution in [1.82, 2.24) is 14.9 Å². The molecule has 1 N–H and O–H groups in total. The van der Waals surface area contributed by atoms with E-state index in [1.165, 1.54) is 11.1 Å². The Labute approximate surface area is 122 Å². The summed E-state index contributed by atoms with van der Waals surface area (Å²) in [6.07, 6.45) is 6.03. The Hall–Kier alpha value is -1.91. The van der Waals surface area contributed by atoms with E-state index in [1.807, 2.05) is 18.6 Å². The molecule has 0 spiro atoms. The largest absolute Gasteiger partial charge is 0.352 e. The Balaban J connectivity index is 1.86. The van der Waals surface area contributed by atoms with Gasteiger partial charge in [-0.05, 0) is 30.8 Å². The van der Waals surface area contributed by atoms with Crippen LogP contribution in [0.3, 0.4) is 0 Å². The molecule has 3 nitrogen and oxygen atoms in total. The Morgan fingerprint density at radius 1 is 1.25 bits per heavy atom. The quantitative estimate of drug-likeness (QED) is 0.775. The third kappa shape index (κ3) is 2.81. The second kappa shape index (κ2) is 6.03. The summed E-state index contributed by atoms with van der Waals surface area (Å²) in [6.45, 7) is 0.921. The first-order valence-electron chi connectivity index (χ1n) is 6.64. The van der Waals surface area contributed by atoms with E-state index in [1.54, 1.807) is 11.3 Å². The summed E-state index contributed by atoms with van der Waals surface area (Å²) in [6, 6.07) is 13.0. The van der Waals surface area contributed by atoms with Crippen molar-refractivity contribution in [1.29, 1.82) is 0 Å². The molecule has 3 rings (SSSR count). The number of nitrogens with zero attached hydrogens (tertiary/aromatic N) is 2. The number of nitrogens with one attached hydrogen (secondary N) is 1. The second-order valence-electron chi connectivity index (χ2n) is 4.68. The lowest BCUT2D eigenvalue weighted by Gasteiger charge is -2.18. The van der Waals surface area contributed by atoms with Gasteiger partial charge in [-0.15, -0.1) is 11.3 Å². The minimum atomic E-state index is 0.294. The fourth-order valence-corrected chi connectivity index (χ4v) is 2.96. The Kier molecular flexibility index (Phi) is 3.95. The van der Waals surface area contributed by atoms with E-state index in [-0.39, 0.29) is 0 Å². The third-order valence-electron chi connectivity index (χ3n) is 3.38. The summed E-state index contributed by atoms with van der Waals surface area (Å²) >= 11 is 1.67. The highest BCUT2D eigenvalue weighted by atomic mass is 32.1. The van der Waals surface area contributed by atoms with Gasteiger partial charge >= 0.3 is 0 Å². The van der Waals surface area contributed by atoms with Crippen molar-refractivity contribution in [3.8, 4) is 10.6 Å². The molecule has 2 heterocycles. The standard InChI is InChI=1S/C16H17N3S/c1-17-15(12-19-8-2-3-9-19)13-5-4-6-14(11-13)16-18-7-10-20-16/h2-11,15,17H,12H2,1H3/t15-/m1/s1. The van der Waals surface area contributed by atoms with E-state index in [2.05, 4.69) is 63.7 Å². The van der Waals surface area contributed by atoms with Gasteiger partial charge in [0.15, 0.2) is 0 Å². The van der Waals surface area contributed by atoms with E-state index in [4.69, 9.17) is 0 Å². The predicted molar refractivity (Wildman–Crippen MR) is 83.8 cm³/mol. The van der Waals surface area contributed by atoms with Crippen LogP contribution in [0.2, 0.25) is 0 Å². The third-order valence-corrected chi connectivity index (χ3v) is 4.20. The molecule has 0 bridgehead atoms. The highest BCUT2D eigenvalue weighted by Crippen LogP contribution is 2.25. The molecule has 0 saturated heterocycles. The van der Waals surface area contributed by atoms with Gasteiger partial charge < -0.3 is 9.88 Å². The molecule has 2 aromatic heterocycles. The predicted octanol–water partition coefficient (Wildman–Crippen LogP) is 3.57.